The summed E-state index contributed by atoms with van der Waals surface area (Å²) in [5, 5.41) is 59.4. The second-order valence-electron chi connectivity index (χ2n) is 20.9. The van der Waals surface area contributed by atoms with Gasteiger partial charge in [-0.1, -0.05) is 155 Å². The van der Waals surface area contributed by atoms with Crippen molar-refractivity contribution in [1.29, 1.82) is 5.41 Å². The quantitative estimate of drug-likeness (QED) is 0.00703. The van der Waals surface area contributed by atoms with Crippen molar-refractivity contribution in [2.75, 3.05) is 27.4 Å². The van der Waals surface area contributed by atoms with Gasteiger partial charge in [-0.2, -0.15) is 5.10 Å². The highest BCUT2D eigenvalue weighted by Gasteiger charge is 2.13. The van der Waals surface area contributed by atoms with E-state index < -0.39 is 15.5 Å². The molecule has 0 radical (unpaired) electrons. The molecule has 0 saturated heterocycles. The summed E-state index contributed by atoms with van der Waals surface area (Å²) in [5.74, 6) is 1.09. The number of H-pyrrole nitrogens is 2. The van der Waals surface area contributed by atoms with Crippen LogP contribution >= 0.6 is 121 Å². The number of aromatic amines is 2. The number of hydrogen-bond donors (Lipinski definition) is 12. The first kappa shape index (κ1) is 83.1. The Bertz CT molecular complexity index is 4550. The van der Waals surface area contributed by atoms with E-state index in [0.717, 1.165) is 102 Å². The summed E-state index contributed by atoms with van der Waals surface area (Å²) < 4.78 is 13.1. The molecule has 11 aromatic rings. The molecular formula is C70H67Br4Cl3N12O8S3. The van der Waals surface area contributed by atoms with E-state index in [4.69, 9.17) is 65.3 Å². The number of alkyl halides is 1. The Hall–Kier alpha value is -7.58. The Kier molecular flexibility index (Phi) is 36.0. The second kappa shape index (κ2) is 43.3. The van der Waals surface area contributed by atoms with E-state index in [-0.39, 0.29) is 30.9 Å². The molecular weight excluding hydrogens is 1660 g/mol. The van der Waals surface area contributed by atoms with Crippen molar-refractivity contribution in [1.82, 2.24) is 30.1 Å². The molecule has 20 nitrogen and oxygen atoms in total. The number of nitrogens with two attached hydrogens (primary N) is 2. The molecule has 3 amide bonds. The first-order chi connectivity index (χ1) is 47.7. The van der Waals surface area contributed by atoms with E-state index >= 15 is 0 Å². The summed E-state index contributed by atoms with van der Waals surface area (Å²) in [6.45, 7) is 7.90. The number of rotatable bonds is 14. The minimum Gasteiger partial charge on any atom is -0.399 e. The normalized spacial score (nSPS) is 10.2. The predicted octanol–water partition coefficient (Wildman–Crippen LogP) is 17.5. The standard InChI is InChI=1S/C20H16BrN5OS.C15H13BrClNO.C15H14BrNO2.C8H9BrO2.C7H9NO.C5H6N4S.Cl2OS/c1-12-5-6-14(8-17(12)21)19(27)25-15-4-2-3-13(7-15)10-28-20-16-9-24-26-18(16)22-11-23-20;1-10-5-6-12(8-14(10)16)15(19)18-13-4-2-3-11(7-13)9-17;1-10-5-6-12(8-14(10)16)15(19)17-13-4-2-3-11(7-13)9-18;1-5-2-3-6(8(10)11)4-7(5)9;8-7-3-1-2-6(4-7)5-9;6-1-3-4(7)8-2-9-5(3)10;1-4(2)3/h2-9,11H,10H2,1H3,(H,25,27)(H,22,23,24,26);2-8H,9H2,1H3,(H,18,19);2-8,18H,9H2,1H3,(H,17,19);2-4,8,10-11H,1H3;1-4,9H,5,8H2;1-2,6H,(H3,7,8,9,10);. The van der Waals surface area contributed by atoms with E-state index in [1.165, 1.54) is 12.7 Å². The van der Waals surface area contributed by atoms with Crippen LogP contribution in [0.2, 0.25) is 0 Å². The molecule has 3 heterocycles. The number of aliphatic hydroxyl groups is 4. The molecule has 0 aliphatic heterocycles. The summed E-state index contributed by atoms with van der Waals surface area (Å²) in [6.07, 6.45) is 4.37. The Morgan fingerprint density at radius 2 is 1.05 bits per heavy atom. The van der Waals surface area contributed by atoms with E-state index in [2.05, 4.69) is 131 Å². The van der Waals surface area contributed by atoms with Gasteiger partial charge in [-0.3, -0.25) is 19.5 Å². The maximum atomic E-state index is 12.5. The van der Waals surface area contributed by atoms with Gasteiger partial charge in [-0.05, 0) is 163 Å². The fourth-order valence-electron chi connectivity index (χ4n) is 8.06. The maximum Gasteiger partial charge on any atom is 0.255 e. The minimum atomic E-state index is -1.67. The van der Waals surface area contributed by atoms with Crippen LogP contribution in [0.3, 0.4) is 0 Å². The summed E-state index contributed by atoms with van der Waals surface area (Å²) in [6, 6.07) is 51.4. The summed E-state index contributed by atoms with van der Waals surface area (Å²) in [5.41, 5.74) is 25.3. The van der Waals surface area contributed by atoms with Gasteiger partial charge in [0.2, 0.25) is 9.23 Å². The first-order valence-electron chi connectivity index (χ1n) is 29.3. The van der Waals surface area contributed by atoms with Crippen LogP contribution in [-0.2, 0) is 34.1 Å². The lowest BCUT2D eigenvalue weighted by Gasteiger charge is -2.09. The predicted molar refractivity (Wildman–Crippen MR) is 421 cm³/mol. The van der Waals surface area contributed by atoms with Crippen LogP contribution < -0.4 is 27.4 Å². The molecule has 0 fully saturated rings. The minimum absolute atomic E-state index is 0.0419. The van der Waals surface area contributed by atoms with Crippen LogP contribution in [0.15, 0.2) is 212 Å². The van der Waals surface area contributed by atoms with Crippen molar-refractivity contribution in [3.63, 3.8) is 0 Å². The lowest BCUT2D eigenvalue weighted by atomic mass is 10.1. The fourth-order valence-corrected chi connectivity index (χ4v) is 10.9. The molecule has 14 N–H and O–H groups in total. The van der Waals surface area contributed by atoms with Crippen molar-refractivity contribution >= 4 is 193 Å². The second-order valence-corrected chi connectivity index (χ2v) is 28.5. The number of nitrogens with one attached hydrogen (secondary N) is 6. The fraction of sp³-hybridized carbons (Fsp3) is 0.129. The van der Waals surface area contributed by atoms with Crippen LogP contribution in [0.1, 0.15) is 93.0 Å². The van der Waals surface area contributed by atoms with Crippen LogP contribution in [0.25, 0.3) is 11.0 Å². The first-order valence-corrected chi connectivity index (χ1v) is 37.2. The lowest BCUT2D eigenvalue weighted by molar-refractivity contribution is -0.0425. The van der Waals surface area contributed by atoms with Crippen LogP contribution in [0.5, 0.6) is 0 Å². The number of aromatic nitrogens is 6. The Balaban J connectivity index is 0.000000223. The molecule has 522 valence electrons. The molecule has 0 aliphatic carbocycles. The SMILES string of the molecule is Cc1ccc(C(=O)Nc2cccc(CCl)c2)cc1Br.Cc1ccc(C(=O)Nc2cccc(CO)c2)cc1Br.Cc1ccc(C(=O)Nc2cccc(CSc3ncnc4[nH]ncc34)c2)cc1Br.Cc1ccc(C(O)O)cc1Br.N=Cc1c(N)[nH]cnc1=S.Nc1cccc(CO)c1.O=S(Cl)Cl. The monoisotopic (exact) mass is 1720 g/mol. The summed E-state index contributed by atoms with van der Waals surface area (Å²) >= 11 is 25.7. The number of hydrogen-bond acceptors (Lipinski definition) is 17. The molecule has 0 aliphatic rings. The van der Waals surface area contributed by atoms with Crippen LogP contribution in [0.4, 0.5) is 28.6 Å². The zero-order valence-corrected chi connectivity index (χ0v) is 64.7. The molecule has 0 bridgehead atoms. The highest BCUT2D eigenvalue weighted by Crippen LogP contribution is 2.29. The van der Waals surface area contributed by atoms with Gasteiger partial charge in [0, 0.05) is 102 Å². The number of thioether (sulfide) groups is 1. The highest BCUT2D eigenvalue weighted by atomic mass is 79.9. The van der Waals surface area contributed by atoms with Crippen molar-refractivity contribution in [3.05, 3.63) is 284 Å². The topological polar surface area (TPSA) is 344 Å². The average molecular weight is 1730 g/mol. The Morgan fingerprint density at radius 1 is 0.620 bits per heavy atom. The molecule has 100 heavy (non-hydrogen) atoms. The van der Waals surface area contributed by atoms with Gasteiger partial charge < -0.3 is 58.2 Å². The average Bonchev–Trinajstić information content (AvgIpc) is 1.07. The molecule has 0 atom stereocenters. The molecule has 30 heteroatoms. The van der Waals surface area contributed by atoms with Gasteiger partial charge in [0.1, 0.15) is 21.8 Å². The van der Waals surface area contributed by atoms with Crippen LogP contribution in [0, 0.1) is 37.7 Å². The highest BCUT2D eigenvalue weighted by molar-refractivity contribution is 9.11. The molecule has 3 aromatic heterocycles. The smallest absolute Gasteiger partial charge is 0.255 e. The van der Waals surface area contributed by atoms with Gasteiger partial charge in [0.15, 0.2) is 11.9 Å². The summed E-state index contributed by atoms with van der Waals surface area (Å²) in [4.78, 5) is 51.6. The van der Waals surface area contributed by atoms with Crippen molar-refractivity contribution in [2.45, 2.75) is 63.9 Å². The maximum absolute atomic E-state index is 12.5. The molecule has 0 saturated carbocycles. The number of amides is 3. The van der Waals surface area contributed by atoms with E-state index in [9.17, 15) is 14.4 Å². The third kappa shape index (κ3) is 28.4. The molecule has 0 unspecified atom stereocenters. The third-order valence-electron chi connectivity index (χ3n) is 13.5. The lowest BCUT2D eigenvalue weighted by Crippen LogP contribution is -2.12. The third-order valence-corrected chi connectivity index (χ3v) is 18.6. The number of nitrogens with zero attached hydrogens (tertiary/aromatic N) is 4. The Morgan fingerprint density at radius 3 is 1.46 bits per heavy atom. The van der Waals surface area contributed by atoms with Gasteiger partial charge in [-0.15, -0.1) is 23.4 Å². The number of aryl methyl sites for hydroxylation is 4. The summed E-state index contributed by atoms with van der Waals surface area (Å²) in [7, 11) is 7.36. The van der Waals surface area contributed by atoms with E-state index in [0.29, 0.717) is 55.5 Å². The van der Waals surface area contributed by atoms with Gasteiger partial charge in [0.25, 0.3) is 17.7 Å². The van der Waals surface area contributed by atoms with Gasteiger partial charge in [0.05, 0.1) is 36.7 Å². The molecule has 11 rings (SSSR count). The van der Waals surface area contributed by atoms with Crippen molar-refractivity contribution in [3.8, 4) is 0 Å². The number of benzene rings is 8. The van der Waals surface area contributed by atoms with Crippen molar-refractivity contribution < 1.29 is 39.0 Å². The van der Waals surface area contributed by atoms with E-state index in [1.54, 1.807) is 84.7 Å². The zero-order chi connectivity index (χ0) is 73.4. The molecule has 0 spiro atoms. The number of carbonyl (C=O) groups excluding carboxylic acids is 3. The number of aliphatic hydroxyl groups excluding tert-OH is 3. The van der Waals surface area contributed by atoms with E-state index in [1.807, 2.05) is 131 Å². The van der Waals surface area contributed by atoms with Gasteiger partial charge in [-0.25, -0.2) is 19.2 Å². The van der Waals surface area contributed by atoms with Crippen molar-refractivity contribution in [2.24, 2.45) is 0 Å². The largest absolute Gasteiger partial charge is 0.399 e. The number of anilines is 5. The van der Waals surface area contributed by atoms with Gasteiger partial charge >= 0.3 is 0 Å². The number of carbonyl (C=O) groups is 3. The molecule has 8 aromatic carbocycles. The Labute approximate surface area is 637 Å². The number of halogens is 7. The zero-order valence-electron chi connectivity index (χ0n) is 53.6. The van der Waals surface area contributed by atoms with Crippen LogP contribution in [-0.4, -0.2) is 78.7 Å². The number of nitrogen functional groups attached to an aromatic ring is 2. The number of fused-ring (bicyclic) bond motifs is 1.